The number of nitrogens with two attached hydrogens (primary N) is 1. The van der Waals surface area contributed by atoms with Gasteiger partial charge in [0.25, 0.3) is 0 Å². The van der Waals surface area contributed by atoms with Crippen molar-refractivity contribution in [1.82, 2.24) is 19.5 Å². The van der Waals surface area contributed by atoms with Gasteiger partial charge in [-0.2, -0.15) is 4.98 Å². The lowest BCUT2D eigenvalue weighted by atomic mass is 10.2. The molecule has 4 rings (SSSR count). The molecule has 6 heteroatoms. The minimum atomic E-state index is 0.321. The number of hydrogen-bond acceptors (Lipinski definition) is 5. The van der Waals surface area contributed by atoms with Gasteiger partial charge in [0.1, 0.15) is 24.1 Å². The van der Waals surface area contributed by atoms with Gasteiger partial charge in [-0.25, -0.2) is 9.97 Å². The molecule has 0 unspecified atom stereocenters. The summed E-state index contributed by atoms with van der Waals surface area (Å²) in [6, 6.07) is 15.5. The smallest absolute Gasteiger partial charge is 0.248 e. The van der Waals surface area contributed by atoms with Crippen LogP contribution in [0.3, 0.4) is 0 Å². The Morgan fingerprint density at radius 1 is 0.958 bits per heavy atom. The van der Waals surface area contributed by atoms with E-state index in [0.29, 0.717) is 23.1 Å². The normalized spacial score (nSPS) is 10.9. The van der Waals surface area contributed by atoms with E-state index in [2.05, 4.69) is 15.0 Å². The van der Waals surface area contributed by atoms with Crippen LogP contribution < -0.4 is 10.5 Å². The number of aryl methyl sites for hydroxylation is 1. The Hall–Kier alpha value is -3.41. The number of ether oxygens (including phenoxy) is 1. The number of fused-ring (bicyclic) bond motifs is 1. The van der Waals surface area contributed by atoms with Crippen LogP contribution in [0, 0.1) is 6.92 Å². The molecule has 2 heterocycles. The van der Waals surface area contributed by atoms with Crippen LogP contribution in [-0.4, -0.2) is 19.5 Å². The van der Waals surface area contributed by atoms with E-state index in [-0.39, 0.29) is 0 Å². The number of nitrogen functional groups attached to an aromatic ring is 1. The van der Waals surface area contributed by atoms with Crippen molar-refractivity contribution in [1.29, 1.82) is 0 Å². The Morgan fingerprint density at radius 3 is 2.58 bits per heavy atom. The molecule has 0 aliphatic heterocycles. The number of anilines is 1. The van der Waals surface area contributed by atoms with Gasteiger partial charge in [0.2, 0.25) is 5.88 Å². The highest BCUT2D eigenvalue weighted by Gasteiger charge is 2.14. The van der Waals surface area contributed by atoms with Gasteiger partial charge in [0, 0.05) is 0 Å². The SMILES string of the molecule is Cc1ccc(Oc2ncnc(-n3cnc4ccccc43)c2N)cc1. The van der Waals surface area contributed by atoms with E-state index in [0.717, 1.165) is 16.6 Å². The van der Waals surface area contributed by atoms with Crippen molar-refractivity contribution in [2.45, 2.75) is 6.92 Å². The molecule has 0 aliphatic rings. The summed E-state index contributed by atoms with van der Waals surface area (Å²) in [6.07, 6.45) is 3.13. The average molecular weight is 317 g/mol. The van der Waals surface area contributed by atoms with Crippen molar-refractivity contribution >= 4 is 16.7 Å². The number of imidazole rings is 1. The molecule has 0 atom stereocenters. The zero-order valence-electron chi connectivity index (χ0n) is 13.0. The summed E-state index contributed by atoms with van der Waals surface area (Å²) in [7, 11) is 0. The third kappa shape index (κ3) is 2.44. The van der Waals surface area contributed by atoms with Gasteiger partial charge in [-0.15, -0.1) is 0 Å². The maximum absolute atomic E-state index is 6.24. The molecule has 2 aromatic carbocycles. The molecule has 0 radical (unpaired) electrons. The van der Waals surface area contributed by atoms with Crippen molar-refractivity contribution in [3.8, 4) is 17.4 Å². The summed E-state index contributed by atoms with van der Waals surface area (Å²) in [4.78, 5) is 12.8. The Kier molecular flexibility index (Phi) is 3.35. The van der Waals surface area contributed by atoms with E-state index in [1.165, 1.54) is 6.33 Å². The first-order chi connectivity index (χ1) is 11.7. The summed E-state index contributed by atoms with van der Waals surface area (Å²) in [5.41, 5.74) is 9.56. The molecule has 118 valence electrons. The average Bonchev–Trinajstić information content (AvgIpc) is 3.03. The van der Waals surface area contributed by atoms with Crippen molar-refractivity contribution in [3.05, 3.63) is 66.7 Å². The highest BCUT2D eigenvalue weighted by atomic mass is 16.5. The first-order valence-electron chi connectivity index (χ1n) is 7.50. The molecule has 2 aromatic heterocycles. The predicted octanol–water partition coefficient (Wildman–Crippen LogP) is 3.50. The third-order valence-electron chi connectivity index (χ3n) is 3.74. The summed E-state index contributed by atoms with van der Waals surface area (Å²) in [5.74, 6) is 1.54. The fraction of sp³-hybridized carbons (Fsp3) is 0.0556. The zero-order valence-corrected chi connectivity index (χ0v) is 13.0. The van der Waals surface area contributed by atoms with Crippen molar-refractivity contribution < 1.29 is 4.74 Å². The maximum atomic E-state index is 6.24. The standard InChI is InChI=1S/C18H15N5O/c1-12-6-8-13(9-7-12)24-18-16(19)17(20-10-21-18)23-11-22-14-4-2-3-5-15(14)23/h2-11H,19H2,1H3. The molecule has 0 bridgehead atoms. The van der Waals surface area contributed by atoms with Crippen LogP contribution in [0.1, 0.15) is 5.56 Å². The highest BCUT2D eigenvalue weighted by Crippen LogP contribution is 2.30. The minimum absolute atomic E-state index is 0.321. The van der Waals surface area contributed by atoms with Gasteiger partial charge in [0.05, 0.1) is 11.0 Å². The number of hydrogen-bond donors (Lipinski definition) is 1. The fourth-order valence-electron chi connectivity index (χ4n) is 2.49. The number of nitrogens with zero attached hydrogens (tertiary/aromatic N) is 4. The van der Waals surface area contributed by atoms with E-state index in [1.54, 1.807) is 6.33 Å². The van der Waals surface area contributed by atoms with Crippen LogP contribution >= 0.6 is 0 Å². The maximum Gasteiger partial charge on any atom is 0.248 e. The largest absolute Gasteiger partial charge is 0.437 e. The van der Waals surface area contributed by atoms with Crippen LogP contribution in [0.5, 0.6) is 11.6 Å². The second-order valence-electron chi connectivity index (χ2n) is 5.43. The summed E-state index contributed by atoms with van der Waals surface area (Å²) in [5, 5.41) is 0. The second kappa shape index (κ2) is 5.66. The summed E-state index contributed by atoms with van der Waals surface area (Å²) in [6.45, 7) is 2.02. The summed E-state index contributed by atoms with van der Waals surface area (Å²) < 4.78 is 7.63. The Bertz CT molecular complexity index is 1010. The Balaban J connectivity index is 1.77. The highest BCUT2D eigenvalue weighted by molar-refractivity contribution is 5.78. The quantitative estimate of drug-likeness (QED) is 0.625. The number of benzene rings is 2. The van der Waals surface area contributed by atoms with Gasteiger partial charge < -0.3 is 10.5 Å². The molecule has 0 saturated heterocycles. The molecule has 0 saturated carbocycles. The Labute approximate surface area is 138 Å². The van der Waals surface area contributed by atoms with Gasteiger partial charge in [-0.05, 0) is 31.2 Å². The topological polar surface area (TPSA) is 78.9 Å². The molecule has 2 N–H and O–H groups in total. The van der Waals surface area contributed by atoms with Crippen molar-refractivity contribution in [2.75, 3.05) is 5.73 Å². The van der Waals surface area contributed by atoms with E-state index >= 15 is 0 Å². The van der Waals surface area contributed by atoms with Gasteiger partial charge in [-0.3, -0.25) is 4.57 Å². The lowest BCUT2D eigenvalue weighted by Gasteiger charge is -2.11. The Morgan fingerprint density at radius 2 is 1.75 bits per heavy atom. The number of aromatic nitrogens is 4. The van der Waals surface area contributed by atoms with Gasteiger partial charge in [-0.1, -0.05) is 29.8 Å². The lowest BCUT2D eigenvalue weighted by Crippen LogP contribution is -2.05. The lowest BCUT2D eigenvalue weighted by molar-refractivity contribution is 0.463. The first-order valence-corrected chi connectivity index (χ1v) is 7.50. The molecule has 24 heavy (non-hydrogen) atoms. The minimum Gasteiger partial charge on any atom is -0.437 e. The van der Waals surface area contributed by atoms with E-state index in [1.807, 2.05) is 60.0 Å². The van der Waals surface area contributed by atoms with Gasteiger partial charge >= 0.3 is 0 Å². The molecular weight excluding hydrogens is 302 g/mol. The summed E-state index contributed by atoms with van der Waals surface area (Å²) >= 11 is 0. The number of rotatable bonds is 3. The molecule has 6 nitrogen and oxygen atoms in total. The van der Waals surface area contributed by atoms with Crippen molar-refractivity contribution in [3.63, 3.8) is 0 Å². The van der Waals surface area contributed by atoms with Crippen molar-refractivity contribution in [2.24, 2.45) is 0 Å². The monoisotopic (exact) mass is 317 g/mol. The van der Waals surface area contributed by atoms with Gasteiger partial charge in [0.15, 0.2) is 5.82 Å². The molecule has 0 spiro atoms. The molecular formula is C18H15N5O. The molecule has 4 aromatic rings. The molecule has 0 fully saturated rings. The van der Waals surface area contributed by atoms with E-state index in [9.17, 15) is 0 Å². The fourth-order valence-corrected chi connectivity index (χ4v) is 2.49. The van der Waals surface area contributed by atoms with Crippen LogP contribution in [0.2, 0.25) is 0 Å². The van der Waals surface area contributed by atoms with Crippen LogP contribution in [0.25, 0.3) is 16.9 Å². The van der Waals surface area contributed by atoms with E-state index in [4.69, 9.17) is 10.5 Å². The van der Waals surface area contributed by atoms with Crippen LogP contribution in [0.15, 0.2) is 61.2 Å². The van der Waals surface area contributed by atoms with E-state index < -0.39 is 0 Å². The van der Waals surface area contributed by atoms with Crippen LogP contribution in [0.4, 0.5) is 5.69 Å². The molecule has 0 aliphatic carbocycles. The second-order valence-corrected chi connectivity index (χ2v) is 5.43. The predicted molar refractivity (Wildman–Crippen MR) is 92.3 cm³/mol. The molecule has 0 amide bonds. The number of para-hydroxylation sites is 2. The van der Waals surface area contributed by atoms with Crippen LogP contribution in [-0.2, 0) is 0 Å². The third-order valence-corrected chi connectivity index (χ3v) is 3.74. The zero-order chi connectivity index (χ0) is 16.5. The first kappa shape index (κ1) is 14.2.